The lowest BCUT2D eigenvalue weighted by Gasteiger charge is -2.22. The molecule has 1 aliphatic carbocycles. The molecule has 1 aromatic heterocycles. The lowest BCUT2D eigenvalue weighted by molar-refractivity contribution is 0.0923. The van der Waals surface area contributed by atoms with Gasteiger partial charge in [-0.1, -0.05) is 24.5 Å². The third-order valence-corrected chi connectivity index (χ3v) is 6.18. The summed E-state index contributed by atoms with van der Waals surface area (Å²) in [6, 6.07) is 5.14. The average Bonchev–Trinajstić information content (AvgIpc) is 3.41. The van der Waals surface area contributed by atoms with Crippen LogP contribution in [0.1, 0.15) is 47.3 Å². The van der Waals surface area contributed by atoms with E-state index in [1.165, 1.54) is 11.3 Å². The van der Waals surface area contributed by atoms with E-state index in [9.17, 15) is 9.59 Å². The van der Waals surface area contributed by atoms with E-state index in [4.69, 9.17) is 0 Å². The first kappa shape index (κ1) is 23.7. The Morgan fingerprint density at radius 3 is 2.47 bits per heavy atom. The molecule has 172 valence electrons. The van der Waals surface area contributed by atoms with E-state index in [0.29, 0.717) is 22.9 Å². The number of thiazole rings is 1. The number of aryl methyl sites for hydroxylation is 1. The molecule has 3 rings (SSSR count). The summed E-state index contributed by atoms with van der Waals surface area (Å²) in [6.45, 7) is 2.37. The average molecular weight is 457 g/mol. The first-order valence-corrected chi connectivity index (χ1v) is 11.7. The van der Waals surface area contributed by atoms with Crippen molar-refractivity contribution in [2.75, 3.05) is 38.8 Å². The largest absolute Gasteiger partial charge is 0.349 e. The molecule has 2 amide bonds. The summed E-state index contributed by atoms with van der Waals surface area (Å²) in [4.78, 5) is 38.5. The Morgan fingerprint density at radius 2 is 1.81 bits per heavy atom. The zero-order chi connectivity index (χ0) is 23.3. The smallest absolute Gasteiger partial charge is 0.325 e. The van der Waals surface area contributed by atoms with Gasteiger partial charge in [-0.25, -0.2) is 14.8 Å². The van der Waals surface area contributed by atoms with Crippen molar-refractivity contribution in [2.45, 2.75) is 39.2 Å². The highest BCUT2D eigenvalue weighted by Gasteiger charge is 2.26. The summed E-state index contributed by atoms with van der Waals surface area (Å²) >= 11 is 1.34. The molecule has 0 spiro atoms. The number of benzene rings is 1. The van der Waals surface area contributed by atoms with Gasteiger partial charge in [0.25, 0.3) is 0 Å². The van der Waals surface area contributed by atoms with Crippen LogP contribution in [0.2, 0.25) is 0 Å². The molecule has 1 heterocycles. The molecular formula is C23H32N6O2S. The number of Topliss-reactive ketones (excluding diaryl/α,β-unsaturated/α-hetero) is 1. The summed E-state index contributed by atoms with van der Waals surface area (Å²) < 4.78 is 0. The molecule has 0 bridgehead atoms. The van der Waals surface area contributed by atoms with Crippen molar-refractivity contribution >= 4 is 39.9 Å². The molecule has 0 saturated heterocycles. The molecule has 0 atom stereocenters. The number of amides is 2. The lowest BCUT2D eigenvalue weighted by Crippen LogP contribution is -2.35. The molecule has 0 unspecified atom stereocenters. The fourth-order valence-corrected chi connectivity index (χ4v) is 4.60. The predicted octanol–water partition coefficient (Wildman–Crippen LogP) is 4.45. The van der Waals surface area contributed by atoms with Crippen molar-refractivity contribution in [1.82, 2.24) is 14.8 Å². The van der Waals surface area contributed by atoms with Crippen LogP contribution in [-0.4, -0.2) is 60.7 Å². The van der Waals surface area contributed by atoms with Crippen LogP contribution < -0.4 is 10.6 Å². The minimum atomic E-state index is -0.416. The first-order chi connectivity index (χ1) is 15.2. The van der Waals surface area contributed by atoms with E-state index < -0.39 is 6.03 Å². The number of anilines is 2. The highest BCUT2D eigenvalue weighted by Crippen LogP contribution is 2.31. The van der Waals surface area contributed by atoms with Gasteiger partial charge in [0, 0.05) is 45.1 Å². The second-order valence-corrected chi connectivity index (χ2v) is 9.38. The Bertz CT molecular complexity index is 982. The summed E-state index contributed by atoms with van der Waals surface area (Å²) in [7, 11) is 7.75. The number of nitrogens with zero attached hydrogens (tertiary/aromatic N) is 4. The standard InChI is InChI=1S/C23H32N6O2S/c1-15-10-11-19(18(12-15)20(30)16-8-6-7-9-16)26-21(31)27-22-25-17(14-32-22)13-24-23(28(2)3)29(4)5/h10-12,14,16H,6-9,13H2,1-5H3,(H2,25,26,27,31). The highest BCUT2D eigenvalue weighted by molar-refractivity contribution is 7.13. The second kappa shape index (κ2) is 10.6. The maximum atomic E-state index is 13.0. The van der Waals surface area contributed by atoms with Crippen LogP contribution in [-0.2, 0) is 6.54 Å². The maximum absolute atomic E-state index is 13.0. The number of hydrogen-bond donors (Lipinski definition) is 2. The van der Waals surface area contributed by atoms with Crippen molar-refractivity contribution < 1.29 is 9.59 Å². The lowest BCUT2D eigenvalue weighted by atomic mass is 9.94. The molecule has 1 aromatic carbocycles. The molecule has 2 N–H and O–H groups in total. The quantitative estimate of drug-likeness (QED) is 0.381. The number of aromatic nitrogens is 1. The van der Waals surface area contributed by atoms with Crippen LogP contribution in [0.5, 0.6) is 0 Å². The normalized spacial score (nSPS) is 13.5. The number of carbonyl (C=O) groups is 2. The maximum Gasteiger partial charge on any atom is 0.325 e. The zero-order valence-electron chi connectivity index (χ0n) is 19.4. The number of aliphatic imine (C=N–C) groups is 1. The van der Waals surface area contributed by atoms with Crippen LogP contribution >= 0.6 is 11.3 Å². The van der Waals surface area contributed by atoms with Crippen LogP contribution in [0.4, 0.5) is 15.6 Å². The minimum Gasteiger partial charge on any atom is -0.349 e. The molecule has 0 radical (unpaired) electrons. The number of carbonyl (C=O) groups excluding carboxylic acids is 2. The SMILES string of the molecule is Cc1ccc(NC(=O)Nc2nc(CN=C(N(C)C)N(C)C)cs2)c(C(=O)C2CCCC2)c1. The van der Waals surface area contributed by atoms with Crippen molar-refractivity contribution in [2.24, 2.45) is 10.9 Å². The molecule has 8 nitrogen and oxygen atoms in total. The molecule has 2 aromatic rings. The highest BCUT2D eigenvalue weighted by atomic mass is 32.1. The molecular weight excluding hydrogens is 424 g/mol. The van der Waals surface area contributed by atoms with Gasteiger partial charge in [0.1, 0.15) is 0 Å². The van der Waals surface area contributed by atoms with Gasteiger partial charge in [-0.2, -0.15) is 0 Å². The van der Waals surface area contributed by atoms with Gasteiger partial charge in [0.2, 0.25) is 0 Å². The third-order valence-electron chi connectivity index (χ3n) is 5.37. The van der Waals surface area contributed by atoms with Gasteiger partial charge in [0.15, 0.2) is 16.9 Å². The number of guanidine groups is 1. The Balaban J connectivity index is 1.65. The van der Waals surface area contributed by atoms with E-state index in [1.807, 2.05) is 62.4 Å². The van der Waals surface area contributed by atoms with Gasteiger partial charge in [0.05, 0.1) is 17.9 Å². The Kier molecular flexibility index (Phi) is 7.84. The van der Waals surface area contributed by atoms with E-state index in [0.717, 1.165) is 42.9 Å². The monoisotopic (exact) mass is 456 g/mol. The van der Waals surface area contributed by atoms with Crippen LogP contribution in [0.3, 0.4) is 0 Å². The van der Waals surface area contributed by atoms with E-state index in [-0.39, 0.29) is 11.7 Å². The van der Waals surface area contributed by atoms with Crippen molar-refractivity contribution in [3.05, 3.63) is 40.4 Å². The predicted molar refractivity (Wildman–Crippen MR) is 131 cm³/mol. The fourth-order valence-electron chi connectivity index (χ4n) is 3.90. The van der Waals surface area contributed by atoms with E-state index in [1.54, 1.807) is 6.07 Å². The second-order valence-electron chi connectivity index (χ2n) is 8.52. The topological polar surface area (TPSA) is 89.9 Å². The summed E-state index contributed by atoms with van der Waals surface area (Å²) in [5.41, 5.74) is 2.89. The third kappa shape index (κ3) is 6.06. The number of rotatable bonds is 6. The summed E-state index contributed by atoms with van der Waals surface area (Å²) in [6.07, 6.45) is 4.03. The molecule has 1 fully saturated rings. The Morgan fingerprint density at radius 1 is 1.12 bits per heavy atom. The first-order valence-electron chi connectivity index (χ1n) is 10.8. The molecule has 32 heavy (non-hydrogen) atoms. The number of hydrogen-bond acceptors (Lipinski definition) is 5. The van der Waals surface area contributed by atoms with E-state index in [2.05, 4.69) is 20.6 Å². The van der Waals surface area contributed by atoms with E-state index >= 15 is 0 Å². The number of urea groups is 1. The van der Waals surface area contributed by atoms with Gasteiger partial charge in [-0.15, -0.1) is 11.3 Å². The molecule has 9 heteroatoms. The van der Waals surface area contributed by atoms with Crippen LogP contribution in [0.25, 0.3) is 0 Å². The van der Waals surface area contributed by atoms with Crippen LogP contribution in [0, 0.1) is 12.8 Å². The number of ketones is 1. The zero-order valence-corrected chi connectivity index (χ0v) is 20.3. The van der Waals surface area contributed by atoms with Gasteiger partial charge < -0.3 is 15.1 Å². The Hall–Kier alpha value is -2.94. The summed E-state index contributed by atoms with van der Waals surface area (Å²) in [5, 5.41) is 7.97. The van der Waals surface area contributed by atoms with Gasteiger partial charge in [-0.05, 0) is 31.9 Å². The van der Waals surface area contributed by atoms with Gasteiger partial charge in [-0.3, -0.25) is 10.1 Å². The van der Waals surface area contributed by atoms with Crippen molar-refractivity contribution in [3.8, 4) is 0 Å². The number of nitrogens with one attached hydrogen (secondary N) is 2. The molecule has 0 aliphatic heterocycles. The summed E-state index contributed by atoms with van der Waals surface area (Å²) in [5.74, 6) is 1.01. The van der Waals surface area contributed by atoms with Crippen molar-refractivity contribution in [3.63, 3.8) is 0 Å². The molecule has 1 aliphatic rings. The van der Waals surface area contributed by atoms with Crippen molar-refractivity contribution in [1.29, 1.82) is 0 Å². The molecule has 1 saturated carbocycles. The van der Waals surface area contributed by atoms with Crippen LogP contribution in [0.15, 0.2) is 28.6 Å². The fraction of sp³-hybridized carbons (Fsp3) is 0.478. The Labute approximate surface area is 193 Å². The van der Waals surface area contributed by atoms with Gasteiger partial charge >= 0.3 is 6.03 Å². The minimum absolute atomic E-state index is 0.0525.